The number of hydrogen-bond acceptors (Lipinski definition) is 3. The number of rotatable bonds is 6. The van der Waals surface area contributed by atoms with Crippen LogP contribution in [0.4, 0.5) is 11.4 Å². The lowest BCUT2D eigenvalue weighted by Gasteiger charge is -2.11. The highest BCUT2D eigenvalue weighted by Crippen LogP contribution is 2.20. The maximum Gasteiger partial charge on any atom is 0.251 e. The second kappa shape index (κ2) is 7.38. The summed E-state index contributed by atoms with van der Waals surface area (Å²) in [5.41, 5.74) is 4.37. The number of aryl methyl sites for hydroxylation is 2. The number of benzene rings is 2. The van der Waals surface area contributed by atoms with Gasteiger partial charge in [0.05, 0.1) is 6.54 Å². The molecule has 130 valence electrons. The molecule has 1 fully saturated rings. The third kappa shape index (κ3) is 4.83. The van der Waals surface area contributed by atoms with Gasteiger partial charge in [0.15, 0.2) is 0 Å². The molecule has 0 spiro atoms. The molecular weight excluding hydrogens is 314 g/mol. The Kier molecular flexibility index (Phi) is 5.03. The minimum absolute atomic E-state index is 0.0906. The summed E-state index contributed by atoms with van der Waals surface area (Å²) in [6.45, 7) is 4.19. The molecule has 0 heterocycles. The van der Waals surface area contributed by atoms with E-state index in [9.17, 15) is 9.59 Å². The first-order valence-corrected chi connectivity index (χ1v) is 8.53. The van der Waals surface area contributed by atoms with Crippen molar-refractivity contribution in [2.75, 3.05) is 17.2 Å². The van der Waals surface area contributed by atoms with Crippen molar-refractivity contribution in [3.8, 4) is 0 Å². The zero-order chi connectivity index (χ0) is 17.8. The predicted octanol–water partition coefficient (Wildman–Crippen LogP) is 3.25. The lowest BCUT2D eigenvalue weighted by atomic mass is 10.1. The van der Waals surface area contributed by atoms with E-state index in [0.29, 0.717) is 17.3 Å². The largest absolute Gasteiger partial charge is 0.376 e. The van der Waals surface area contributed by atoms with Gasteiger partial charge in [-0.05, 0) is 62.1 Å². The van der Waals surface area contributed by atoms with Gasteiger partial charge in [0, 0.05) is 23.0 Å². The molecule has 3 rings (SSSR count). The van der Waals surface area contributed by atoms with Crippen LogP contribution in [0, 0.1) is 13.8 Å². The van der Waals surface area contributed by atoms with Crippen molar-refractivity contribution in [3.05, 3.63) is 59.2 Å². The molecular formula is C20H23N3O2. The Morgan fingerprint density at radius 2 is 1.88 bits per heavy atom. The van der Waals surface area contributed by atoms with E-state index in [-0.39, 0.29) is 18.4 Å². The summed E-state index contributed by atoms with van der Waals surface area (Å²) < 4.78 is 0. The smallest absolute Gasteiger partial charge is 0.251 e. The molecule has 1 saturated carbocycles. The van der Waals surface area contributed by atoms with Gasteiger partial charge in [0.2, 0.25) is 5.91 Å². The normalized spacial score (nSPS) is 13.2. The van der Waals surface area contributed by atoms with Crippen LogP contribution in [-0.2, 0) is 4.79 Å². The second-order valence-electron chi connectivity index (χ2n) is 6.55. The highest BCUT2D eigenvalue weighted by atomic mass is 16.2. The van der Waals surface area contributed by atoms with Crippen molar-refractivity contribution < 1.29 is 9.59 Å². The third-order valence-electron chi connectivity index (χ3n) is 4.15. The molecule has 1 aliphatic carbocycles. The molecule has 0 atom stereocenters. The number of carbonyl (C=O) groups is 2. The molecule has 0 aliphatic heterocycles. The van der Waals surface area contributed by atoms with Gasteiger partial charge in [0.1, 0.15) is 0 Å². The van der Waals surface area contributed by atoms with Crippen molar-refractivity contribution in [1.29, 1.82) is 0 Å². The maximum atomic E-state index is 12.2. The molecule has 5 heteroatoms. The number of carbonyl (C=O) groups excluding carboxylic acids is 2. The van der Waals surface area contributed by atoms with Gasteiger partial charge in [0.25, 0.3) is 5.91 Å². The third-order valence-corrected chi connectivity index (χ3v) is 4.15. The first-order chi connectivity index (χ1) is 12.0. The van der Waals surface area contributed by atoms with Gasteiger partial charge in [-0.25, -0.2) is 0 Å². The zero-order valence-electron chi connectivity index (χ0n) is 14.6. The minimum atomic E-state index is -0.152. The molecule has 0 radical (unpaired) electrons. The Morgan fingerprint density at radius 3 is 2.64 bits per heavy atom. The van der Waals surface area contributed by atoms with Gasteiger partial charge in [-0.1, -0.05) is 18.2 Å². The van der Waals surface area contributed by atoms with Crippen LogP contribution in [0.3, 0.4) is 0 Å². The van der Waals surface area contributed by atoms with Crippen LogP contribution in [-0.4, -0.2) is 24.4 Å². The number of nitrogens with one attached hydrogen (secondary N) is 3. The minimum Gasteiger partial charge on any atom is -0.376 e. The van der Waals surface area contributed by atoms with E-state index in [4.69, 9.17) is 0 Å². The van der Waals surface area contributed by atoms with Gasteiger partial charge in [-0.3, -0.25) is 9.59 Å². The molecule has 5 nitrogen and oxygen atoms in total. The fraction of sp³-hybridized carbons (Fsp3) is 0.300. The molecule has 1 aliphatic rings. The summed E-state index contributed by atoms with van der Waals surface area (Å²) in [4.78, 5) is 24.3. The molecule has 0 saturated heterocycles. The van der Waals surface area contributed by atoms with Gasteiger partial charge < -0.3 is 16.0 Å². The number of hydrogen-bond donors (Lipinski definition) is 3. The van der Waals surface area contributed by atoms with E-state index in [1.165, 1.54) is 0 Å². The van der Waals surface area contributed by atoms with Crippen molar-refractivity contribution in [2.45, 2.75) is 32.7 Å². The molecule has 0 bridgehead atoms. The molecule has 3 N–H and O–H groups in total. The van der Waals surface area contributed by atoms with Crippen molar-refractivity contribution in [1.82, 2.24) is 5.32 Å². The summed E-state index contributed by atoms with van der Waals surface area (Å²) in [5.74, 6) is -0.243. The van der Waals surface area contributed by atoms with Crippen molar-refractivity contribution >= 4 is 23.2 Å². The van der Waals surface area contributed by atoms with Crippen LogP contribution >= 0.6 is 0 Å². The highest BCUT2D eigenvalue weighted by molar-refractivity contribution is 5.98. The average Bonchev–Trinajstić information content (AvgIpc) is 3.40. The Hall–Kier alpha value is -2.82. The van der Waals surface area contributed by atoms with Crippen LogP contribution in [0.25, 0.3) is 0 Å². The quantitative estimate of drug-likeness (QED) is 0.758. The van der Waals surface area contributed by atoms with Gasteiger partial charge in [-0.2, -0.15) is 0 Å². The second-order valence-corrected chi connectivity index (χ2v) is 6.55. The van der Waals surface area contributed by atoms with Gasteiger partial charge >= 0.3 is 0 Å². The highest BCUT2D eigenvalue weighted by Gasteiger charge is 2.23. The molecule has 0 unspecified atom stereocenters. The monoisotopic (exact) mass is 337 g/mol. The summed E-state index contributed by atoms with van der Waals surface area (Å²) >= 11 is 0. The van der Waals surface area contributed by atoms with Gasteiger partial charge in [-0.15, -0.1) is 0 Å². The zero-order valence-corrected chi connectivity index (χ0v) is 14.6. The lowest BCUT2D eigenvalue weighted by molar-refractivity contribution is -0.114. The van der Waals surface area contributed by atoms with Crippen LogP contribution in [0.15, 0.2) is 42.5 Å². The van der Waals surface area contributed by atoms with Crippen molar-refractivity contribution in [3.63, 3.8) is 0 Å². The predicted molar refractivity (Wildman–Crippen MR) is 100.0 cm³/mol. The lowest BCUT2D eigenvalue weighted by Crippen LogP contribution is -2.26. The van der Waals surface area contributed by atoms with Crippen LogP contribution in [0.2, 0.25) is 0 Å². The van der Waals surface area contributed by atoms with E-state index in [0.717, 1.165) is 29.7 Å². The first-order valence-electron chi connectivity index (χ1n) is 8.53. The summed E-state index contributed by atoms with van der Waals surface area (Å²) in [5, 5.41) is 8.93. The number of anilines is 2. The Labute approximate surface area is 147 Å². The van der Waals surface area contributed by atoms with E-state index < -0.39 is 0 Å². The van der Waals surface area contributed by atoms with Crippen LogP contribution in [0.5, 0.6) is 0 Å². The number of amides is 2. The van der Waals surface area contributed by atoms with E-state index in [1.807, 2.05) is 32.0 Å². The van der Waals surface area contributed by atoms with Crippen LogP contribution < -0.4 is 16.0 Å². The van der Waals surface area contributed by atoms with E-state index in [2.05, 4.69) is 16.0 Å². The Bertz CT molecular complexity index is 797. The molecule has 25 heavy (non-hydrogen) atoms. The Morgan fingerprint density at radius 1 is 1.08 bits per heavy atom. The average molecular weight is 337 g/mol. The molecule has 2 amide bonds. The van der Waals surface area contributed by atoms with Crippen molar-refractivity contribution in [2.24, 2.45) is 0 Å². The molecule has 2 aromatic rings. The maximum absolute atomic E-state index is 12.2. The van der Waals surface area contributed by atoms with E-state index in [1.54, 1.807) is 24.3 Å². The summed E-state index contributed by atoms with van der Waals surface area (Å²) in [6, 6.07) is 13.4. The van der Waals surface area contributed by atoms with Crippen LogP contribution in [0.1, 0.15) is 34.3 Å². The molecule has 2 aromatic carbocycles. The summed E-state index contributed by atoms with van der Waals surface area (Å²) in [7, 11) is 0. The first kappa shape index (κ1) is 17.0. The SMILES string of the molecule is Cc1ccc(C)c(NCC(=O)Nc2cccc(C(=O)NC3CC3)c2)c1. The summed E-state index contributed by atoms with van der Waals surface area (Å²) in [6.07, 6.45) is 2.10. The topological polar surface area (TPSA) is 70.2 Å². The fourth-order valence-corrected chi connectivity index (χ4v) is 2.54. The standard InChI is InChI=1S/C20H23N3O2/c1-13-6-7-14(2)18(10-13)21-12-19(24)22-17-5-3-4-15(11-17)20(25)23-16-8-9-16/h3-7,10-11,16,21H,8-9,12H2,1-2H3,(H,22,24)(H,23,25). The Balaban J connectivity index is 1.57. The fourth-order valence-electron chi connectivity index (χ4n) is 2.54. The molecule has 0 aromatic heterocycles. The van der Waals surface area contributed by atoms with E-state index >= 15 is 0 Å².